The highest BCUT2D eigenvalue weighted by atomic mass is 79.9. The molecule has 0 saturated heterocycles. The first-order valence-corrected chi connectivity index (χ1v) is 11.5. The van der Waals surface area contributed by atoms with Crippen molar-refractivity contribution < 1.29 is 19.1 Å². The van der Waals surface area contributed by atoms with Crippen LogP contribution in [0.15, 0.2) is 70.2 Å². The summed E-state index contributed by atoms with van der Waals surface area (Å²) in [4.78, 5) is 36.6. The standard InChI is InChI=1S/C23H15BrCl3N3O4/c24-16-4-8-20(34-23(33)13-1-5-17(25)6-2-13)15(9-16)11-29-30-21(31)12-28-22(32)14-3-7-18(26)19(27)10-14/h1-11H,12H2,(H,28,32)(H,30,31)/b29-11-. The molecule has 3 aromatic rings. The van der Waals surface area contributed by atoms with Crippen LogP contribution >= 0.6 is 50.7 Å². The summed E-state index contributed by atoms with van der Waals surface area (Å²) >= 11 is 20.9. The first-order chi connectivity index (χ1) is 16.2. The Morgan fingerprint density at radius 3 is 2.32 bits per heavy atom. The van der Waals surface area contributed by atoms with Gasteiger partial charge in [-0.3, -0.25) is 9.59 Å². The van der Waals surface area contributed by atoms with Gasteiger partial charge in [-0.05, 0) is 60.7 Å². The van der Waals surface area contributed by atoms with Gasteiger partial charge in [0.25, 0.3) is 11.8 Å². The Morgan fingerprint density at radius 1 is 0.912 bits per heavy atom. The van der Waals surface area contributed by atoms with Gasteiger partial charge in [0.2, 0.25) is 0 Å². The summed E-state index contributed by atoms with van der Waals surface area (Å²) in [6.07, 6.45) is 1.31. The number of rotatable bonds is 7. The van der Waals surface area contributed by atoms with Crippen LogP contribution < -0.4 is 15.5 Å². The van der Waals surface area contributed by atoms with Gasteiger partial charge in [0.15, 0.2) is 0 Å². The lowest BCUT2D eigenvalue weighted by atomic mass is 10.2. The molecule has 0 aliphatic rings. The second-order valence-corrected chi connectivity index (χ2v) is 8.85. The molecule has 0 heterocycles. The van der Waals surface area contributed by atoms with Crippen molar-refractivity contribution in [1.82, 2.24) is 10.7 Å². The Labute approximate surface area is 218 Å². The fourth-order valence-electron chi connectivity index (χ4n) is 2.57. The van der Waals surface area contributed by atoms with Crippen LogP contribution in [0.1, 0.15) is 26.3 Å². The number of nitrogens with zero attached hydrogens (tertiary/aromatic N) is 1. The minimum Gasteiger partial charge on any atom is -0.422 e. The number of nitrogens with one attached hydrogen (secondary N) is 2. The zero-order valence-corrected chi connectivity index (χ0v) is 21.0. The van der Waals surface area contributed by atoms with Gasteiger partial charge in [0.1, 0.15) is 5.75 Å². The maximum absolute atomic E-state index is 12.4. The van der Waals surface area contributed by atoms with Crippen LogP contribution in [0.4, 0.5) is 0 Å². The van der Waals surface area contributed by atoms with Crippen molar-refractivity contribution in [2.75, 3.05) is 6.54 Å². The van der Waals surface area contributed by atoms with Gasteiger partial charge in [-0.25, -0.2) is 10.2 Å². The molecule has 0 fully saturated rings. The summed E-state index contributed by atoms with van der Waals surface area (Å²) < 4.78 is 6.15. The number of carbonyl (C=O) groups is 3. The molecule has 0 spiro atoms. The number of hydrazone groups is 1. The lowest BCUT2D eigenvalue weighted by Crippen LogP contribution is -2.34. The molecule has 34 heavy (non-hydrogen) atoms. The summed E-state index contributed by atoms with van der Waals surface area (Å²) in [5.41, 5.74) is 3.30. The first-order valence-electron chi connectivity index (χ1n) is 9.55. The summed E-state index contributed by atoms with van der Waals surface area (Å²) in [5.74, 6) is -1.42. The van der Waals surface area contributed by atoms with E-state index in [2.05, 4.69) is 31.8 Å². The highest BCUT2D eigenvalue weighted by Gasteiger charge is 2.12. The molecular weight excluding hydrogens is 569 g/mol. The lowest BCUT2D eigenvalue weighted by Gasteiger charge is -2.08. The van der Waals surface area contributed by atoms with Gasteiger partial charge >= 0.3 is 5.97 Å². The molecule has 0 atom stereocenters. The van der Waals surface area contributed by atoms with E-state index in [1.165, 1.54) is 24.4 Å². The molecule has 0 saturated carbocycles. The van der Waals surface area contributed by atoms with Crippen molar-refractivity contribution in [2.24, 2.45) is 5.10 Å². The average Bonchev–Trinajstić information content (AvgIpc) is 2.81. The first kappa shape index (κ1) is 25.7. The van der Waals surface area contributed by atoms with E-state index in [0.717, 1.165) is 0 Å². The van der Waals surface area contributed by atoms with Crippen molar-refractivity contribution in [3.8, 4) is 5.75 Å². The van der Waals surface area contributed by atoms with Crippen LogP contribution in [-0.2, 0) is 4.79 Å². The van der Waals surface area contributed by atoms with Crippen LogP contribution in [0, 0.1) is 0 Å². The minimum atomic E-state index is -0.581. The fraction of sp³-hybridized carbons (Fsp3) is 0.0435. The molecule has 3 rings (SSSR count). The van der Waals surface area contributed by atoms with E-state index >= 15 is 0 Å². The predicted molar refractivity (Wildman–Crippen MR) is 135 cm³/mol. The van der Waals surface area contributed by atoms with E-state index in [1.807, 2.05) is 0 Å². The summed E-state index contributed by atoms with van der Waals surface area (Å²) in [6, 6.07) is 15.6. The molecule has 0 aliphatic heterocycles. The Balaban J connectivity index is 1.59. The number of halogens is 4. The second kappa shape index (κ2) is 12.0. The zero-order valence-electron chi connectivity index (χ0n) is 17.2. The summed E-state index contributed by atoms with van der Waals surface area (Å²) in [5, 5.41) is 7.36. The van der Waals surface area contributed by atoms with Crippen LogP contribution in [0.3, 0.4) is 0 Å². The Bertz CT molecular complexity index is 1270. The SMILES string of the molecule is O=C(CNC(=O)c1ccc(Cl)c(Cl)c1)N/N=C\c1cc(Br)ccc1OC(=O)c1ccc(Cl)cc1. The number of ether oxygens (including phenoxy) is 1. The largest absolute Gasteiger partial charge is 0.422 e. The molecule has 11 heteroatoms. The van der Waals surface area contributed by atoms with E-state index in [0.29, 0.717) is 25.6 Å². The quantitative estimate of drug-likeness (QED) is 0.166. The average molecular weight is 584 g/mol. The van der Waals surface area contributed by atoms with Crippen molar-refractivity contribution in [3.05, 3.63) is 96.9 Å². The number of esters is 1. The van der Waals surface area contributed by atoms with E-state index in [9.17, 15) is 14.4 Å². The van der Waals surface area contributed by atoms with Crippen LogP contribution in [0.2, 0.25) is 15.1 Å². The summed E-state index contributed by atoms with van der Waals surface area (Å²) in [7, 11) is 0. The third-order valence-electron chi connectivity index (χ3n) is 4.24. The molecule has 0 aromatic heterocycles. The van der Waals surface area contributed by atoms with Crippen molar-refractivity contribution in [3.63, 3.8) is 0 Å². The second-order valence-electron chi connectivity index (χ2n) is 6.68. The third-order valence-corrected chi connectivity index (χ3v) is 5.72. The molecule has 0 aliphatic carbocycles. The molecule has 3 aromatic carbocycles. The van der Waals surface area contributed by atoms with Gasteiger partial charge < -0.3 is 10.1 Å². The highest BCUT2D eigenvalue weighted by molar-refractivity contribution is 9.10. The van der Waals surface area contributed by atoms with Gasteiger partial charge in [-0.15, -0.1) is 0 Å². The van der Waals surface area contributed by atoms with Gasteiger partial charge in [0, 0.05) is 20.6 Å². The van der Waals surface area contributed by atoms with E-state index in [-0.39, 0.29) is 22.9 Å². The van der Waals surface area contributed by atoms with Gasteiger partial charge in [-0.1, -0.05) is 50.7 Å². The minimum absolute atomic E-state index is 0.227. The molecule has 174 valence electrons. The number of amides is 2. The summed E-state index contributed by atoms with van der Waals surface area (Å²) in [6.45, 7) is -0.326. The van der Waals surface area contributed by atoms with Crippen LogP contribution in [-0.4, -0.2) is 30.5 Å². The molecule has 2 N–H and O–H groups in total. The van der Waals surface area contributed by atoms with Crippen molar-refractivity contribution >= 4 is 74.7 Å². The number of carbonyl (C=O) groups excluding carboxylic acids is 3. The smallest absolute Gasteiger partial charge is 0.343 e. The molecule has 7 nitrogen and oxygen atoms in total. The predicted octanol–water partition coefficient (Wildman–Crippen LogP) is 5.51. The topological polar surface area (TPSA) is 96.9 Å². The highest BCUT2D eigenvalue weighted by Crippen LogP contribution is 2.24. The van der Waals surface area contributed by atoms with E-state index < -0.39 is 17.8 Å². The zero-order chi connectivity index (χ0) is 24.7. The number of hydrogen-bond donors (Lipinski definition) is 2. The van der Waals surface area contributed by atoms with Gasteiger partial charge in [0.05, 0.1) is 28.4 Å². The van der Waals surface area contributed by atoms with Crippen molar-refractivity contribution in [2.45, 2.75) is 0 Å². The third kappa shape index (κ3) is 7.30. The molecule has 0 unspecified atom stereocenters. The Hall–Kier alpha value is -2.91. The Kier molecular flexibility index (Phi) is 9.06. The molecule has 2 amide bonds. The Morgan fingerprint density at radius 2 is 1.62 bits per heavy atom. The molecule has 0 bridgehead atoms. The number of benzene rings is 3. The number of hydrogen-bond acceptors (Lipinski definition) is 5. The van der Waals surface area contributed by atoms with E-state index in [1.54, 1.807) is 42.5 Å². The van der Waals surface area contributed by atoms with Crippen LogP contribution in [0.5, 0.6) is 5.75 Å². The fourth-order valence-corrected chi connectivity index (χ4v) is 3.37. The monoisotopic (exact) mass is 581 g/mol. The normalized spacial score (nSPS) is 10.7. The van der Waals surface area contributed by atoms with Gasteiger partial charge in [-0.2, -0.15) is 5.10 Å². The lowest BCUT2D eigenvalue weighted by molar-refractivity contribution is -0.120. The maximum Gasteiger partial charge on any atom is 0.343 e. The molecular formula is C23H15BrCl3N3O4. The maximum atomic E-state index is 12.4. The van der Waals surface area contributed by atoms with Crippen molar-refractivity contribution in [1.29, 1.82) is 0 Å². The molecule has 0 radical (unpaired) electrons. The van der Waals surface area contributed by atoms with Crippen LogP contribution in [0.25, 0.3) is 0 Å². The van der Waals surface area contributed by atoms with E-state index in [4.69, 9.17) is 39.5 Å².